The third kappa shape index (κ3) is 2.91. The Kier molecular flexibility index (Phi) is 3.54. The molecule has 0 saturated heterocycles. The average Bonchev–Trinajstić information content (AvgIpc) is 2.80. The molecule has 0 aliphatic rings. The maximum absolute atomic E-state index is 5.89. The number of nitrogen functional groups attached to an aromatic ring is 1. The van der Waals surface area contributed by atoms with E-state index in [2.05, 4.69) is 6.07 Å². The minimum atomic E-state index is 0.568. The SMILES string of the molecule is CN(C)c1ccc(N)c(OCc2cccs2)c1. The van der Waals surface area contributed by atoms with E-state index in [9.17, 15) is 0 Å². The summed E-state index contributed by atoms with van der Waals surface area (Å²) in [6, 6.07) is 9.88. The first kappa shape index (κ1) is 11.8. The third-order valence-electron chi connectivity index (χ3n) is 2.46. The van der Waals surface area contributed by atoms with Crippen LogP contribution in [0.4, 0.5) is 11.4 Å². The van der Waals surface area contributed by atoms with Crippen molar-refractivity contribution in [2.24, 2.45) is 0 Å². The number of hydrogen-bond donors (Lipinski definition) is 1. The Bertz CT molecular complexity index is 480. The van der Waals surface area contributed by atoms with Crippen LogP contribution in [-0.4, -0.2) is 14.1 Å². The summed E-state index contributed by atoms with van der Waals surface area (Å²) in [5.74, 6) is 0.740. The Morgan fingerprint density at radius 1 is 1.29 bits per heavy atom. The maximum atomic E-state index is 5.89. The molecule has 0 bridgehead atoms. The fourth-order valence-corrected chi connectivity index (χ4v) is 2.09. The average molecular weight is 248 g/mol. The second-order valence-electron chi connectivity index (χ2n) is 3.98. The molecule has 3 nitrogen and oxygen atoms in total. The molecule has 1 aromatic heterocycles. The predicted molar refractivity (Wildman–Crippen MR) is 73.8 cm³/mol. The second-order valence-corrected chi connectivity index (χ2v) is 5.02. The summed E-state index contributed by atoms with van der Waals surface area (Å²) in [6.45, 7) is 0.568. The molecule has 0 unspecified atom stereocenters. The molecule has 1 aromatic carbocycles. The molecule has 0 saturated carbocycles. The molecule has 4 heteroatoms. The Labute approximate surface area is 105 Å². The van der Waals surface area contributed by atoms with Crippen molar-refractivity contribution in [2.75, 3.05) is 24.7 Å². The lowest BCUT2D eigenvalue weighted by molar-refractivity contribution is 0.311. The van der Waals surface area contributed by atoms with E-state index < -0.39 is 0 Å². The number of rotatable bonds is 4. The lowest BCUT2D eigenvalue weighted by Crippen LogP contribution is -2.09. The molecule has 2 aromatic rings. The van der Waals surface area contributed by atoms with Crippen molar-refractivity contribution < 1.29 is 4.74 Å². The third-order valence-corrected chi connectivity index (χ3v) is 3.31. The van der Waals surface area contributed by atoms with Crippen molar-refractivity contribution in [3.63, 3.8) is 0 Å². The van der Waals surface area contributed by atoms with Crippen LogP contribution in [0.25, 0.3) is 0 Å². The van der Waals surface area contributed by atoms with Crippen molar-refractivity contribution in [2.45, 2.75) is 6.61 Å². The molecule has 2 rings (SSSR count). The standard InChI is InChI=1S/C13H16N2OS/c1-15(2)10-5-6-12(14)13(8-10)16-9-11-4-3-7-17-11/h3-8H,9,14H2,1-2H3. The van der Waals surface area contributed by atoms with Crippen molar-refractivity contribution >= 4 is 22.7 Å². The summed E-state index contributed by atoms with van der Waals surface area (Å²) >= 11 is 1.68. The Morgan fingerprint density at radius 2 is 2.12 bits per heavy atom. The summed E-state index contributed by atoms with van der Waals surface area (Å²) < 4.78 is 5.73. The van der Waals surface area contributed by atoms with E-state index in [1.807, 2.05) is 48.6 Å². The van der Waals surface area contributed by atoms with Gasteiger partial charge < -0.3 is 15.4 Å². The smallest absolute Gasteiger partial charge is 0.144 e. The summed E-state index contributed by atoms with van der Waals surface area (Å²) in [5.41, 5.74) is 7.65. The van der Waals surface area contributed by atoms with Gasteiger partial charge in [-0.15, -0.1) is 11.3 Å². The molecule has 0 aliphatic carbocycles. The van der Waals surface area contributed by atoms with Crippen LogP contribution in [0.2, 0.25) is 0 Å². The van der Waals surface area contributed by atoms with Gasteiger partial charge in [-0.2, -0.15) is 0 Å². The number of anilines is 2. The predicted octanol–water partition coefficient (Wildman–Crippen LogP) is 2.98. The highest BCUT2D eigenvalue weighted by molar-refractivity contribution is 7.09. The van der Waals surface area contributed by atoms with E-state index in [-0.39, 0.29) is 0 Å². The van der Waals surface area contributed by atoms with E-state index in [0.29, 0.717) is 12.3 Å². The van der Waals surface area contributed by atoms with Crippen LogP contribution in [0, 0.1) is 0 Å². The minimum absolute atomic E-state index is 0.568. The highest BCUT2D eigenvalue weighted by atomic mass is 32.1. The van der Waals surface area contributed by atoms with Crippen molar-refractivity contribution in [1.29, 1.82) is 0 Å². The lowest BCUT2D eigenvalue weighted by Gasteiger charge is -2.15. The summed E-state index contributed by atoms with van der Waals surface area (Å²) in [7, 11) is 3.99. The fraction of sp³-hybridized carbons (Fsp3) is 0.231. The molecule has 1 heterocycles. The van der Waals surface area contributed by atoms with Crippen molar-refractivity contribution in [1.82, 2.24) is 0 Å². The summed E-state index contributed by atoms with van der Waals surface area (Å²) in [5, 5.41) is 2.04. The van der Waals surface area contributed by atoms with Crippen LogP contribution in [0.5, 0.6) is 5.75 Å². The van der Waals surface area contributed by atoms with Gasteiger partial charge in [0.05, 0.1) is 5.69 Å². The molecular formula is C13H16N2OS. The van der Waals surface area contributed by atoms with Gasteiger partial charge in [-0.25, -0.2) is 0 Å². The van der Waals surface area contributed by atoms with Gasteiger partial charge in [0.15, 0.2) is 0 Å². The number of ether oxygens (including phenoxy) is 1. The number of benzene rings is 1. The quantitative estimate of drug-likeness (QED) is 0.845. The topological polar surface area (TPSA) is 38.5 Å². The van der Waals surface area contributed by atoms with Crippen LogP contribution >= 0.6 is 11.3 Å². The van der Waals surface area contributed by atoms with Gasteiger partial charge in [0.2, 0.25) is 0 Å². The minimum Gasteiger partial charge on any atom is -0.486 e. The molecule has 0 fully saturated rings. The van der Waals surface area contributed by atoms with Gasteiger partial charge in [0.25, 0.3) is 0 Å². The van der Waals surface area contributed by atoms with Gasteiger partial charge in [-0.05, 0) is 23.6 Å². The van der Waals surface area contributed by atoms with Crippen LogP contribution < -0.4 is 15.4 Å². The van der Waals surface area contributed by atoms with Gasteiger partial charge in [-0.3, -0.25) is 0 Å². The van der Waals surface area contributed by atoms with Crippen LogP contribution in [0.3, 0.4) is 0 Å². The zero-order valence-corrected chi connectivity index (χ0v) is 10.8. The first-order valence-electron chi connectivity index (χ1n) is 5.39. The van der Waals surface area contributed by atoms with Crippen molar-refractivity contribution in [3.05, 3.63) is 40.6 Å². The molecule has 0 aliphatic heterocycles. The van der Waals surface area contributed by atoms with E-state index in [4.69, 9.17) is 10.5 Å². The molecule has 0 amide bonds. The molecule has 90 valence electrons. The van der Waals surface area contributed by atoms with Gasteiger partial charge in [0.1, 0.15) is 12.4 Å². The number of nitrogens with two attached hydrogens (primary N) is 1. The van der Waals surface area contributed by atoms with Crippen LogP contribution in [0.1, 0.15) is 4.88 Å². The largest absolute Gasteiger partial charge is 0.486 e. The van der Waals surface area contributed by atoms with Gasteiger partial charge >= 0.3 is 0 Å². The highest BCUT2D eigenvalue weighted by Crippen LogP contribution is 2.27. The van der Waals surface area contributed by atoms with E-state index in [1.54, 1.807) is 11.3 Å². The van der Waals surface area contributed by atoms with Crippen molar-refractivity contribution in [3.8, 4) is 5.75 Å². The Morgan fingerprint density at radius 3 is 2.76 bits per heavy atom. The molecule has 17 heavy (non-hydrogen) atoms. The molecule has 0 radical (unpaired) electrons. The Balaban J connectivity index is 2.11. The number of thiophene rings is 1. The second kappa shape index (κ2) is 5.10. The lowest BCUT2D eigenvalue weighted by atomic mass is 10.2. The highest BCUT2D eigenvalue weighted by Gasteiger charge is 2.04. The maximum Gasteiger partial charge on any atom is 0.144 e. The number of nitrogens with zero attached hydrogens (tertiary/aromatic N) is 1. The van der Waals surface area contributed by atoms with E-state index in [1.165, 1.54) is 4.88 Å². The zero-order chi connectivity index (χ0) is 12.3. The number of hydrogen-bond acceptors (Lipinski definition) is 4. The molecule has 0 atom stereocenters. The zero-order valence-electron chi connectivity index (χ0n) is 10.0. The summed E-state index contributed by atoms with van der Waals surface area (Å²) in [4.78, 5) is 3.22. The Hall–Kier alpha value is -1.68. The molecule has 2 N–H and O–H groups in total. The molecular weight excluding hydrogens is 232 g/mol. The first-order chi connectivity index (χ1) is 8.16. The monoisotopic (exact) mass is 248 g/mol. The fourth-order valence-electron chi connectivity index (χ4n) is 1.47. The van der Waals surface area contributed by atoms with Gasteiger partial charge in [0, 0.05) is 30.7 Å². The summed E-state index contributed by atoms with van der Waals surface area (Å²) in [6.07, 6.45) is 0. The molecule has 0 spiro atoms. The van der Waals surface area contributed by atoms with E-state index in [0.717, 1.165) is 11.4 Å². The van der Waals surface area contributed by atoms with E-state index >= 15 is 0 Å². The normalized spacial score (nSPS) is 10.2. The first-order valence-corrected chi connectivity index (χ1v) is 6.27. The van der Waals surface area contributed by atoms with Gasteiger partial charge in [-0.1, -0.05) is 6.07 Å². The van der Waals surface area contributed by atoms with Crippen LogP contribution in [0.15, 0.2) is 35.7 Å². The van der Waals surface area contributed by atoms with Crippen LogP contribution in [-0.2, 0) is 6.61 Å².